The van der Waals surface area contributed by atoms with E-state index >= 15 is 0 Å². The molecule has 2 amide bonds. The summed E-state index contributed by atoms with van der Waals surface area (Å²) >= 11 is 0. The highest BCUT2D eigenvalue weighted by atomic mass is 19.2. The first kappa shape index (κ1) is 18.5. The minimum absolute atomic E-state index is 0.122. The van der Waals surface area contributed by atoms with Crippen molar-refractivity contribution in [1.29, 1.82) is 0 Å². The zero-order chi connectivity index (χ0) is 18.4. The maximum absolute atomic E-state index is 13.2. The average Bonchev–Trinajstić information content (AvgIpc) is 2.62. The van der Waals surface area contributed by atoms with Crippen molar-refractivity contribution < 1.29 is 23.7 Å². The zero-order valence-electron chi connectivity index (χ0n) is 14.0. The Hall–Kier alpha value is -2.80. The molecule has 0 spiro atoms. The summed E-state index contributed by atoms with van der Waals surface area (Å²) in [7, 11) is 1.54. The lowest BCUT2D eigenvalue weighted by molar-refractivity contribution is -0.682. The van der Waals surface area contributed by atoms with Crippen molar-refractivity contribution in [2.45, 2.75) is 13.0 Å². The molecule has 0 aromatic heterocycles. The van der Waals surface area contributed by atoms with Gasteiger partial charge >= 0.3 is 0 Å². The first-order valence-electron chi connectivity index (χ1n) is 7.81. The summed E-state index contributed by atoms with van der Waals surface area (Å²) in [5.41, 5.74) is 1.67. The molecule has 0 radical (unpaired) electrons. The van der Waals surface area contributed by atoms with Crippen molar-refractivity contribution >= 4 is 17.5 Å². The highest BCUT2D eigenvalue weighted by Gasteiger charge is 2.14. The Kier molecular flexibility index (Phi) is 6.19. The third-order valence-electron chi connectivity index (χ3n) is 3.78. The highest BCUT2D eigenvalue weighted by Crippen LogP contribution is 2.13. The minimum atomic E-state index is -0.904. The lowest BCUT2D eigenvalue weighted by Gasteiger charge is -2.11. The van der Waals surface area contributed by atoms with Gasteiger partial charge < -0.3 is 16.0 Å². The van der Waals surface area contributed by atoms with E-state index in [0.717, 1.165) is 12.1 Å². The van der Waals surface area contributed by atoms with Crippen molar-refractivity contribution in [3.63, 3.8) is 0 Å². The van der Waals surface area contributed by atoms with Gasteiger partial charge in [0.25, 0.3) is 11.8 Å². The Morgan fingerprint density at radius 2 is 1.76 bits per heavy atom. The summed E-state index contributed by atoms with van der Waals surface area (Å²) in [5, 5.41) is 6.96. The Morgan fingerprint density at radius 1 is 1.08 bits per heavy atom. The molecule has 5 nitrogen and oxygen atoms in total. The van der Waals surface area contributed by atoms with Crippen LogP contribution in [0, 0.1) is 11.6 Å². The van der Waals surface area contributed by atoms with E-state index in [2.05, 4.69) is 10.6 Å². The molecule has 2 rings (SSSR count). The predicted molar refractivity (Wildman–Crippen MR) is 90.0 cm³/mol. The normalized spacial score (nSPS) is 11.7. The van der Waals surface area contributed by atoms with E-state index in [1.165, 1.54) is 6.07 Å². The molecule has 2 aromatic carbocycles. The first-order valence-corrected chi connectivity index (χ1v) is 7.81. The van der Waals surface area contributed by atoms with Crippen LogP contribution in [0.2, 0.25) is 0 Å². The molecule has 0 aliphatic rings. The molecule has 0 saturated carbocycles. The number of amides is 2. The molecule has 7 heteroatoms. The third-order valence-corrected chi connectivity index (χ3v) is 3.78. The second-order valence-corrected chi connectivity index (χ2v) is 5.61. The van der Waals surface area contributed by atoms with Crippen molar-refractivity contribution in [3.05, 3.63) is 65.2 Å². The van der Waals surface area contributed by atoms with E-state index < -0.39 is 11.6 Å². The summed E-state index contributed by atoms with van der Waals surface area (Å²) in [5.74, 6) is -2.24. The van der Waals surface area contributed by atoms with Gasteiger partial charge in [-0.15, -0.1) is 0 Å². The Bertz CT molecular complexity index is 763. The van der Waals surface area contributed by atoms with Crippen LogP contribution >= 0.6 is 0 Å². The summed E-state index contributed by atoms with van der Waals surface area (Å²) < 4.78 is 26.2. The number of carbonyl (C=O) groups is 2. The molecule has 132 valence electrons. The van der Waals surface area contributed by atoms with Crippen LogP contribution in [0.4, 0.5) is 14.5 Å². The quantitative estimate of drug-likeness (QED) is 0.742. The minimum Gasteiger partial charge on any atom is -0.355 e. The molecule has 0 saturated heterocycles. The van der Waals surface area contributed by atoms with Crippen LogP contribution in [-0.2, 0) is 4.79 Å². The van der Waals surface area contributed by atoms with E-state index in [4.69, 9.17) is 0 Å². The number of nitrogens with one attached hydrogen (secondary N) is 2. The van der Waals surface area contributed by atoms with Crippen LogP contribution < -0.4 is 16.0 Å². The van der Waals surface area contributed by atoms with E-state index in [1.54, 1.807) is 43.6 Å². The number of nitrogens with two attached hydrogens (primary N) is 1. The number of anilines is 1. The average molecular weight is 348 g/mol. The molecule has 0 aliphatic carbocycles. The maximum atomic E-state index is 13.2. The number of carbonyl (C=O) groups excluding carboxylic acids is 2. The summed E-state index contributed by atoms with van der Waals surface area (Å²) in [6.07, 6.45) is 0. The topological polar surface area (TPSA) is 74.8 Å². The standard InChI is InChI=1S/C18H19F2N3O2/c1-11(13-5-8-15(19)16(20)9-13)22-10-17(24)23-14-6-3-12(4-7-14)18(25)21-2/h3-9,11,22H,10H2,1-2H3,(H,21,25)(H,23,24)/p+1/t11-/m1/s1. The van der Waals surface area contributed by atoms with Crippen molar-refractivity contribution in [3.8, 4) is 0 Å². The molecule has 4 N–H and O–H groups in total. The largest absolute Gasteiger partial charge is 0.355 e. The highest BCUT2D eigenvalue weighted by molar-refractivity contribution is 5.95. The lowest BCUT2D eigenvalue weighted by atomic mass is 10.1. The number of hydrogen-bond donors (Lipinski definition) is 3. The van der Waals surface area contributed by atoms with Gasteiger partial charge in [-0.25, -0.2) is 8.78 Å². The van der Waals surface area contributed by atoms with Gasteiger partial charge in [0.2, 0.25) is 0 Å². The van der Waals surface area contributed by atoms with Gasteiger partial charge in [0, 0.05) is 23.9 Å². The smallest absolute Gasteiger partial charge is 0.279 e. The monoisotopic (exact) mass is 348 g/mol. The summed E-state index contributed by atoms with van der Waals surface area (Å²) in [6.45, 7) is 1.93. The Labute approximate surface area is 144 Å². The van der Waals surface area contributed by atoms with E-state index in [-0.39, 0.29) is 24.4 Å². The van der Waals surface area contributed by atoms with Gasteiger partial charge in [0.05, 0.1) is 0 Å². The van der Waals surface area contributed by atoms with Gasteiger partial charge in [-0.1, -0.05) is 0 Å². The first-order chi connectivity index (χ1) is 11.9. The molecule has 25 heavy (non-hydrogen) atoms. The lowest BCUT2D eigenvalue weighted by Crippen LogP contribution is -2.86. The Morgan fingerprint density at radius 3 is 2.36 bits per heavy atom. The van der Waals surface area contributed by atoms with Crippen molar-refractivity contribution in [2.24, 2.45) is 0 Å². The number of quaternary nitrogens is 1. The molecule has 0 aliphatic heterocycles. The maximum Gasteiger partial charge on any atom is 0.279 e. The van der Waals surface area contributed by atoms with Gasteiger partial charge in [0.15, 0.2) is 18.2 Å². The number of benzene rings is 2. The molecule has 0 heterocycles. The molecule has 0 fully saturated rings. The molecule has 0 bridgehead atoms. The van der Waals surface area contributed by atoms with Crippen LogP contribution in [0.1, 0.15) is 28.9 Å². The third kappa shape index (κ3) is 5.09. The van der Waals surface area contributed by atoms with Gasteiger partial charge in [0.1, 0.15) is 6.04 Å². The van der Waals surface area contributed by atoms with Crippen molar-refractivity contribution in [1.82, 2.24) is 5.32 Å². The fourth-order valence-corrected chi connectivity index (χ4v) is 2.28. The Balaban J connectivity index is 1.87. The van der Waals surface area contributed by atoms with Crippen LogP contribution in [0.3, 0.4) is 0 Å². The van der Waals surface area contributed by atoms with E-state index in [0.29, 0.717) is 16.8 Å². The van der Waals surface area contributed by atoms with Crippen LogP contribution in [0.15, 0.2) is 42.5 Å². The van der Waals surface area contributed by atoms with Gasteiger partial charge in [-0.05, 0) is 49.4 Å². The SMILES string of the molecule is CNC(=O)c1ccc(NC(=O)C[NH2+][C@H](C)c2ccc(F)c(F)c2)cc1. The predicted octanol–water partition coefficient (Wildman–Crippen LogP) is 1.59. The number of hydrogen-bond acceptors (Lipinski definition) is 2. The summed E-state index contributed by atoms with van der Waals surface area (Å²) in [6, 6.07) is 10.0. The molecule has 2 aromatic rings. The molecule has 0 unspecified atom stereocenters. The molecule has 1 atom stereocenters. The number of halogens is 2. The molecular formula is C18H20F2N3O2+. The van der Waals surface area contributed by atoms with Gasteiger partial charge in [-0.3, -0.25) is 9.59 Å². The summed E-state index contributed by atoms with van der Waals surface area (Å²) in [4.78, 5) is 23.4. The zero-order valence-corrected chi connectivity index (χ0v) is 14.0. The second kappa shape index (κ2) is 8.34. The van der Waals surface area contributed by atoms with E-state index in [1.807, 2.05) is 0 Å². The van der Waals surface area contributed by atoms with Crippen LogP contribution in [0.5, 0.6) is 0 Å². The molecular weight excluding hydrogens is 328 g/mol. The number of rotatable bonds is 6. The van der Waals surface area contributed by atoms with E-state index in [9.17, 15) is 18.4 Å². The van der Waals surface area contributed by atoms with Crippen molar-refractivity contribution in [2.75, 3.05) is 18.9 Å². The fraction of sp³-hybridized carbons (Fsp3) is 0.222. The van der Waals surface area contributed by atoms with Crippen LogP contribution in [-0.4, -0.2) is 25.4 Å². The van der Waals surface area contributed by atoms with Gasteiger partial charge in [-0.2, -0.15) is 0 Å². The fourth-order valence-electron chi connectivity index (χ4n) is 2.28. The van der Waals surface area contributed by atoms with Crippen LogP contribution in [0.25, 0.3) is 0 Å². The second-order valence-electron chi connectivity index (χ2n) is 5.61.